The first kappa shape index (κ1) is 8.20. The monoisotopic (exact) mass is 155 g/mol. The van der Waals surface area contributed by atoms with Gasteiger partial charge in [0.15, 0.2) is 0 Å². The summed E-state index contributed by atoms with van der Waals surface area (Å²) in [7, 11) is 0. The van der Waals surface area contributed by atoms with Gasteiger partial charge in [-0.15, -0.1) is 0 Å². The van der Waals surface area contributed by atoms with Gasteiger partial charge in [0.05, 0.1) is 6.34 Å². The molecule has 1 aliphatic rings. The zero-order valence-corrected chi connectivity index (χ0v) is 6.87. The summed E-state index contributed by atoms with van der Waals surface area (Å²) in [5, 5.41) is 0. The number of nitrogens with two attached hydrogens (primary N) is 1. The van der Waals surface area contributed by atoms with Gasteiger partial charge in [0.25, 0.3) is 5.91 Å². The highest BCUT2D eigenvalue weighted by Gasteiger charge is 2.27. The van der Waals surface area contributed by atoms with Crippen LogP contribution in [0.3, 0.4) is 0 Å². The normalized spacial score (nSPS) is 18.1. The van der Waals surface area contributed by atoms with Gasteiger partial charge in [-0.1, -0.05) is 0 Å². The van der Waals surface area contributed by atoms with Crippen LogP contribution in [0.5, 0.6) is 0 Å². The minimum atomic E-state index is -0.157. The van der Waals surface area contributed by atoms with Gasteiger partial charge in [-0.05, 0) is 13.8 Å². The Morgan fingerprint density at radius 1 is 1.82 bits per heavy atom. The topological polar surface area (TPSA) is 58.7 Å². The third-order valence-corrected chi connectivity index (χ3v) is 1.92. The lowest BCUT2D eigenvalue weighted by Gasteiger charge is -2.32. The average molecular weight is 155 g/mol. The van der Waals surface area contributed by atoms with Crippen LogP contribution in [0.4, 0.5) is 0 Å². The Bertz CT molecular complexity index is 198. The highest BCUT2D eigenvalue weighted by molar-refractivity contribution is 5.92. The van der Waals surface area contributed by atoms with Gasteiger partial charge in [0.1, 0.15) is 6.54 Å². The number of carbonyl (C=O) groups is 1. The molecule has 11 heavy (non-hydrogen) atoms. The molecule has 1 heterocycles. The molecule has 1 aliphatic heterocycles. The second kappa shape index (κ2) is 2.62. The second-order valence-corrected chi connectivity index (χ2v) is 3.28. The number of amides is 1. The Kier molecular flexibility index (Phi) is 1.95. The van der Waals surface area contributed by atoms with E-state index in [2.05, 4.69) is 4.99 Å². The van der Waals surface area contributed by atoms with Gasteiger partial charge in [0, 0.05) is 12.1 Å². The standard InChI is InChI=1S/C7H13N3O/c1-7(2,4-8)10-3-6(11)9-5-10/h5H,3-4,8H2,1-2H3. The summed E-state index contributed by atoms with van der Waals surface area (Å²) >= 11 is 0. The van der Waals surface area contributed by atoms with E-state index in [0.29, 0.717) is 13.1 Å². The van der Waals surface area contributed by atoms with Crippen LogP contribution in [0.15, 0.2) is 4.99 Å². The molecular formula is C7H13N3O. The van der Waals surface area contributed by atoms with Gasteiger partial charge in [0.2, 0.25) is 0 Å². The molecule has 2 N–H and O–H groups in total. The largest absolute Gasteiger partial charge is 0.347 e. The Balaban J connectivity index is 2.64. The summed E-state index contributed by atoms with van der Waals surface area (Å²) in [6, 6.07) is 0. The second-order valence-electron chi connectivity index (χ2n) is 3.28. The molecule has 1 amide bonds. The molecule has 0 aliphatic carbocycles. The van der Waals surface area contributed by atoms with E-state index in [1.54, 1.807) is 6.34 Å². The Labute approximate surface area is 66.1 Å². The van der Waals surface area contributed by atoms with E-state index in [4.69, 9.17) is 5.73 Å². The van der Waals surface area contributed by atoms with E-state index in [1.165, 1.54) is 0 Å². The van der Waals surface area contributed by atoms with Crippen molar-refractivity contribution in [2.45, 2.75) is 19.4 Å². The maximum absolute atomic E-state index is 10.7. The molecule has 4 heteroatoms. The lowest BCUT2D eigenvalue weighted by atomic mass is 10.0. The van der Waals surface area contributed by atoms with Crippen molar-refractivity contribution in [3.05, 3.63) is 0 Å². The minimum absolute atomic E-state index is 0.0912. The summed E-state index contributed by atoms with van der Waals surface area (Å²) in [6.07, 6.45) is 1.56. The highest BCUT2D eigenvalue weighted by atomic mass is 16.2. The molecule has 0 aromatic carbocycles. The quantitative estimate of drug-likeness (QED) is 0.590. The molecule has 4 nitrogen and oxygen atoms in total. The Hall–Kier alpha value is -0.900. The van der Waals surface area contributed by atoms with Crippen molar-refractivity contribution in [3.63, 3.8) is 0 Å². The van der Waals surface area contributed by atoms with Crippen molar-refractivity contribution in [1.82, 2.24) is 4.90 Å². The molecule has 0 bridgehead atoms. The first-order valence-electron chi connectivity index (χ1n) is 3.60. The summed E-state index contributed by atoms with van der Waals surface area (Å²) in [5.41, 5.74) is 5.36. The van der Waals surface area contributed by atoms with Gasteiger partial charge >= 0.3 is 0 Å². The molecular weight excluding hydrogens is 142 g/mol. The predicted octanol–water partition coefficient (Wildman–Crippen LogP) is -0.406. The van der Waals surface area contributed by atoms with E-state index < -0.39 is 0 Å². The number of nitrogens with zero attached hydrogens (tertiary/aromatic N) is 2. The Morgan fingerprint density at radius 3 is 2.82 bits per heavy atom. The van der Waals surface area contributed by atoms with Crippen molar-refractivity contribution in [3.8, 4) is 0 Å². The number of rotatable bonds is 2. The molecule has 0 aromatic heterocycles. The Morgan fingerprint density at radius 2 is 2.45 bits per heavy atom. The molecule has 0 fully saturated rings. The van der Waals surface area contributed by atoms with E-state index >= 15 is 0 Å². The average Bonchev–Trinajstić information content (AvgIpc) is 2.36. The van der Waals surface area contributed by atoms with Crippen LogP contribution in [0.2, 0.25) is 0 Å². The van der Waals surface area contributed by atoms with E-state index in [0.717, 1.165) is 0 Å². The van der Waals surface area contributed by atoms with E-state index in [1.807, 2.05) is 18.7 Å². The number of hydrogen-bond donors (Lipinski definition) is 1. The van der Waals surface area contributed by atoms with Crippen molar-refractivity contribution in [2.75, 3.05) is 13.1 Å². The molecule has 0 spiro atoms. The summed E-state index contributed by atoms with van der Waals surface area (Å²) in [5.74, 6) is -0.0912. The van der Waals surface area contributed by atoms with Crippen molar-refractivity contribution >= 4 is 12.2 Å². The molecule has 0 saturated carbocycles. The van der Waals surface area contributed by atoms with Crippen LogP contribution < -0.4 is 5.73 Å². The van der Waals surface area contributed by atoms with Crippen LogP contribution in [0.1, 0.15) is 13.8 Å². The molecule has 0 atom stereocenters. The fraction of sp³-hybridized carbons (Fsp3) is 0.714. The molecule has 1 rings (SSSR count). The van der Waals surface area contributed by atoms with Crippen LogP contribution in [0, 0.1) is 0 Å². The summed E-state index contributed by atoms with van der Waals surface area (Å²) in [6.45, 7) is 4.85. The third-order valence-electron chi connectivity index (χ3n) is 1.92. The molecule has 0 radical (unpaired) electrons. The van der Waals surface area contributed by atoms with Crippen molar-refractivity contribution in [2.24, 2.45) is 10.7 Å². The van der Waals surface area contributed by atoms with E-state index in [9.17, 15) is 4.79 Å². The summed E-state index contributed by atoms with van der Waals surface area (Å²) < 4.78 is 0. The van der Waals surface area contributed by atoms with Crippen LogP contribution in [0.25, 0.3) is 0 Å². The fourth-order valence-electron chi connectivity index (χ4n) is 0.849. The first-order valence-corrected chi connectivity index (χ1v) is 3.60. The SMILES string of the molecule is CC(C)(CN)N1C=NC(=O)C1. The van der Waals surface area contributed by atoms with Crippen LogP contribution >= 0.6 is 0 Å². The van der Waals surface area contributed by atoms with Crippen LogP contribution in [-0.2, 0) is 4.79 Å². The zero-order valence-electron chi connectivity index (χ0n) is 6.87. The predicted molar refractivity (Wildman–Crippen MR) is 43.3 cm³/mol. The molecule has 0 aromatic rings. The third kappa shape index (κ3) is 1.57. The lowest BCUT2D eigenvalue weighted by Crippen LogP contribution is -2.48. The van der Waals surface area contributed by atoms with E-state index in [-0.39, 0.29) is 11.4 Å². The van der Waals surface area contributed by atoms with Crippen molar-refractivity contribution < 1.29 is 4.79 Å². The molecule has 62 valence electrons. The van der Waals surface area contributed by atoms with Gasteiger partial charge in [-0.2, -0.15) is 0 Å². The lowest BCUT2D eigenvalue weighted by molar-refractivity contribution is -0.117. The molecule has 0 saturated heterocycles. The minimum Gasteiger partial charge on any atom is -0.347 e. The first-order chi connectivity index (χ1) is 5.06. The van der Waals surface area contributed by atoms with Crippen molar-refractivity contribution in [1.29, 1.82) is 0 Å². The maximum atomic E-state index is 10.7. The highest BCUT2D eigenvalue weighted by Crippen LogP contribution is 2.12. The summed E-state index contributed by atoms with van der Waals surface area (Å²) in [4.78, 5) is 16.2. The van der Waals surface area contributed by atoms with Gasteiger partial charge < -0.3 is 10.6 Å². The zero-order chi connectivity index (χ0) is 8.48. The van der Waals surface area contributed by atoms with Gasteiger partial charge in [-0.3, -0.25) is 4.79 Å². The number of carbonyl (C=O) groups excluding carboxylic acids is 1. The number of aliphatic imine (C=N–C) groups is 1. The maximum Gasteiger partial charge on any atom is 0.266 e. The van der Waals surface area contributed by atoms with Crippen LogP contribution in [-0.4, -0.2) is 35.8 Å². The number of hydrogen-bond acceptors (Lipinski definition) is 3. The smallest absolute Gasteiger partial charge is 0.266 e. The fourth-order valence-corrected chi connectivity index (χ4v) is 0.849. The van der Waals surface area contributed by atoms with Gasteiger partial charge in [-0.25, -0.2) is 4.99 Å². The molecule has 0 unspecified atom stereocenters.